The largest absolute Gasteiger partial charge is 0.334 e. The van der Waals surface area contributed by atoms with Crippen LogP contribution in [0, 0.1) is 15.9 Å². The summed E-state index contributed by atoms with van der Waals surface area (Å²) in [6.07, 6.45) is 1.34. The maximum Gasteiger partial charge on any atom is 0.293 e. The Labute approximate surface area is 120 Å². The van der Waals surface area contributed by atoms with E-state index in [1.165, 1.54) is 12.1 Å². The van der Waals surface area contributed by atoms with Gasteiger partial charge in [-0.2, -0.15) is 0 Å². The number of nitrogens with one attached hydrogen (secondary N) is 1. The summed E-state index contributed by atoms with van der Waals surface area (Å²) in [6, 6.07) is 5.36. The molecule has 20 heavy (non-hydrogen) atoms. The number of halogens is 2. The number of nitro benzene ring substituents is 1. The Hall–Kier alpha value is -2.35. The molecule has 0 unspecified atom stereocenters. The highest BCUT2D eigenvalue weighted by Gasteiger charge is 2.16. The van der Waals surface area contributed by atoms with Gasteiger partial charge in [0, 0.05) is 10.5 Å². The molecule has 8 heteroatoms. The maximum atomic E-state index is 13.0. The number of nitro groups is 1. The van der Waals surface area contributed by atoms with Gasteiger partial charge in [0.2, 0.25) is 0 Å². The van der Waals surface area contributed by atoms with Crippen LogP contribution in [0.15, 0.2) is 34.9 Å². The average molecular weight is 340 g/mol. The second kappa shape index (κ2) is 5.74. The molecule has 0 aliphatic carbocycles. The number of benzene rings is 1. The molecule has 0 radical (unpaired) electrons. The van der Waals surface area contributed by atoms with Gasteiger partial charge in [-0.1, -0.05) is 15.9 Å². The number of aromatic nitrogens is 1. The van der Waals surface area contributed by atoms with E-state index in [-0.39, 0.29) is 22.8 Å². The van der Waals surface area contributed by atoms with Crippen LogP contribution in [0.4, 0.5) is 21.6 Å². The van der Waals surface area contributed by atoms with Crippen molar-refractivity contribution in [3.05, 3.63) is 56.4 Å². The first-order chi connectivity index (χ1) is 9.51. The fourth-order valence-electron chi connectivity index (χ4n) is 1.54. The lowest BCUT2D eigenvalue weighted by Gasteiger charge is -2.08. The average Bonchev–Trinajstić information content (AvgIpc) is 2.42. The van der Waals surface area contributed by atoms with Crippen molar-refractivity contribution < 1.29 is 14.1 Å². The molecule has 0 aliphatic rings. The second-order valence-electron chi connectivity index (χ2n) is 3.75. The van der Waals surface area contributed by atoms with E-state index in [9.17, 15) is 19.3 Å². The summed E-state index contributed by atoms with van der Waals surface area (Å²) in [5.74, 6) is -0.616. The molecule has 0 spiro atoms. The minimum Gasteiger partial charge on any atom is -0.334 e. The predicted octanol–water partition coefficient (Wildman–Crippen LogP) is 3.45. The van der Waals surface area contributed by atoms with Crippen molar-refractivity contribution in [2.24, 2.45) is 0 Å². The highest BCUT2D eigenvalue weighted by Crippen LogP contribution is 2.30. The molecule has 0 atom stereocenters. The Bertz CT molecular complexity index is 694. The lowest BCUT2D eigenvalue weighted by Crippen LogP contribution is -2.02. The molecule has 6 nitrogen and oxygen atoms in total. The smallest absolute Gasteiger partial charge is 0.293 e. The number of hydrogen-bond acceptors (Lipinski definition) is 5. The maximum absolute atomic E-state index is 13.0. The minimum atomic E-state index is -0.664. The minimum absolute atomic E-state index is 0.0257. The third kappa shape index (κ3) is 2.97. The summed E-state index contributed by atoms with van der Waals surface area (Å²) in [5.41, 5.74) is -0.0648. The Balaban J connectivity index is 2.45. The van der Waals surface area contributed by atoms with Crippen LogP contribution < -0.4 is 5.32 Å². The van der Waals surface area contributed by atoms with E-state index in [4.69, 9.17) is 0 Å². The van der Waals surface area contributed by atoms with Crippen molar-refractivity contribution in [1.29, 1.82) is 0 Å². The van der Waals surface area contributed by atoms with Gasteiger partial charge in [-0.05, 0) is 18.2 Å². The zero-order chi connectivity index (χ0) is 14.7. The summed E-state index contributed by atoms with van der Waals surface area (Å²) in [6.45, 7) is 0. The Kier molecular flexibility index (Phi) is 4.04. The summed E-state index contributed by atoms with van der Waals surface area (Å²) < 4.78 is 13.5. The van der Waals surface area contributed by atoms with Gasteiger partial charge in [0.05, 0.1) is 16.7 Å². The number of hydrogen-bond donors (Lipinski definition) is 1. The molecule has 102 valence electrons. The highest BCUT2D eigenvalue weighted by molar-refractivity contribution is 9.10. The van der Waals surface area contributed by atoms with Gasteiger partial charge in [-0.25, -0.2) is 9.37 Å². The lowest BCUT2D eigenvalue weighted by molar-refractivity contribution is -0.384. The molecule has 2 aromatic rings. The van der Waals surface area contributed by atoms with Crippen LogP contribution in [-0.2, 0) is 0 Å². The van der Waals surface area contributed by atoms with Gasteiger partial charge in [-0.15, -0.1) is 0 Å². The number of pyridine rings is 1. The van der Waals surface area contributed by atoms with Crippen molar-refractivity contribution >= 4 is 39.4 Å². The molecule has 1 N–H and O–H groups in total. The van der Waals surface area contributed by atoms with Crippen LogP contribution in [0.5, 0.6) is 0 Å². The zero-order valence-electron chi connectivity index (χ0n) is 9.84. The quantitative estimate of drug-likeness (QED) is 0.523. The first-order valence-corrected chi connectivity index (χ1v) is 6.12. The summed E-state index contributed by atoms with van der Waals surface area (Å²) in [7, 11) is 0. The molecule has 1 aromatic heterocycles. The normalized spacial score (nSPS) is 10.1. The van der Waals surface area contributed by atoms with Gasteiger partial charge in [-0.3, -0.25) is 14.9 Å². The van der Waals surface area contributed by atoms with Crippen molar-refractivity contribution in [2.45, 2.75) is 0 Å². The lowest BCUT2D eigenvalue weighted by atomic mass is 10.2. The third-order valence-corrected chi connectivity index (χ3v) is 2.91. The molecule has 2 rings (SSSR count). The fraction of sp³-hybridized carbons (Fsp3) is 0. The number of anilines is 2. The molecule has 0 saturated heterocycles. The van der Waals surface area contributed by atoms with Crippen LogP contribution in [-0.4, -0.2) is 16.2 Å². The topological polar surface area (TPSA) is 85.1 Å². The van der Waals surface area contributed by atoms with Crippen molar-refractivity contribution in [3.63, 3.8) is 0 Å². The van der Waals surface area contributed by atoms with E-state index in [0.717, 1.165) is 12.3 Å². The number of nitrogens with zero attached hydrogens (tertiary/aromatic N) is 2. The molecule has 0 fully saturated rings. The Morgan fingerprint density at radius 3 is 2.80 bits per heavy atom. The van der Waals surface area contributed by atoms with E-state index < -0.39 is 10.7 Å². The summed E-state index contributed by atoms with van der Waals surface area (Å²) in [5, 5.41) is 13.6. The Morgan fingerprint density at radius 2 is 2.15 bits per heavy atom. The van der Waals surface area contributed by atoms with Crippen molar-refractivity contribution in [3.8, 4) is 0 Å². The van der Waals surface area contributed by atoms with Crippen LogP contribution >= 0.6 is 15.9 Å². The first-order valence-electron chi connectivity index (χ1n) is 5.33. The number of carbonyl (C=O) groups excluding carboxylic acids is 1. The standard InChI is InChI=1S/C12H7BrFN3O3/c13-8-1-2-10(11(4-8)17(19)20)16-12-7(6-18)3-9(14)5-15-12/h1-6H,(H,15,16). The van der Waals surface area contributed by atoms with Gasteiger partial charge in [0.1, 0.15) is 17.3 Å². The highest BCUT2D eigenvalue weighted by atomic mass is 79.9. The fourth-order valence-corrected chi connectivity index (χ4v) is 1.89. The number of carbonyl (C=O) groups is 1. The van der Waals surface area contributed by atoms with E-state index >= 15 is 0 Å². The third-order valence-electron chi connectivity index (χ3n) is 2.42. The van der Waals surface area contributed by atoms with Crippen molar-refractivity contribution in [2.75, 3.05) is 5.32 Å². The molecule has 0 bridgehead atoms. The first kappa shape index (κ1) is 14.1. The second-order valence-corrected chi connectivity index (χ2v) is 4.67. The van der Waals surface area contributed by atoms with E-state index in [0.29, 0.717) is 10.8 Å². The van der Waals surface area contributed by atoms with E-state index in [1.54, 1.807) is 6.07 Å². The zero-order valence-corrected chi connectivity index (χ0v) is 11.4. The van der Waals surface area contributed by atoms with E-state index in [1.807, 2.05) is 0 Å². The predicted molar refractivity (Wildman–Crippen MR) is 73.7 cm³/mol. The van der Waals surface area contributed by atoms with Crippen LogP contribution in [0.2, 0.25) is 0 Å². The van der Waals surface area contributed by atoms with Crippen LogP contribution in [0.25, 0.3) is 0 Å². The SMILES string of the molecule is O=Cc1cc(F)cnc1Nc1ccc(Br)cc1[N+](=O)[O-]. The Morgan fingerprint density at radius 1 is 1.40 bits per heavy atom. The van der Waals surface area contributed by atoms with E-state index in [2.05, 4.69) is 26.2 Å². The molecular formula is C12H7BrFN3O3. The van der Waals surface area contributed by atoms with Crippen LogP contribution in [0.3, 0.4) is 0 Å². The molecule has 1 aromatic carbocycles. The van der Waals surface area contributed by atoms with Gasteiger partial charge in [0.25, 0.3) is 5.69 Å². The molecule has 0 saturated carbocycles. The molecule has 1 heterocycles. The number of aldehydes is 1. The summed E-state index contributed by atoms with van der Waals surface area (Å²) in [4.78, 5) is 25.0. The van der Waals surface area contributed by atoms with Gasteiger partial charge < -0.3 is 5.32 Å². The van der Waals surface area contributed by atoms with Gasteiger partial charge in [0.15, 0.2) is 6.29 Å². The molecular weight excluding hydrogens is 333 g/mol. The molecule has 0 aliphatic heterocycles. The van der Waals surface area contributed by atoms with Crippen molar-refractivity contribution in [1.82, 2.24) is 4.98 Å². The van der Waals surface area contributed by atoms with Gasteiger partial charge >= 0.3 is 0 Å². The van der Waals surface area contributed by atoms with Crippen LogP contribution in [0.1, 0.15) is 10.4 Å². The summed E-state index contributed by atoms with van der Waals surface area (Å²) >= 11 is 3.13. The monoisotopic (exact) mass is 339 g/mol. The number of rotatable bonds is 4. The molecule has 0 amide bonds.